The van der Waals surface area contributed by atoms with Crippen LogP contribution in [0.1, 0.15) is 29.0 Å². The second-order valence-corrected chi connectivity index (χ2v) is 9.94. The van der Waals surface area contributed by atoms with Crippen LogP contribution in [0.25, 0.3) is 11.5 Å². The quantitative estimate of drug-likeness (QED) is 0.507. The first kappa shape index (κ1) is 22.5. The molecule has 1 aliphatic carbocycles. The Morgan fingerprint density at radius 3 is 2.76 bits per heavy atom. The Morgan fingerprint density at radius 1 is 1.15 bits per heavy atom. The third-order valence-corrected chi connectivity index (χ3v) is 7.24. The largest absolute Gasteiger partial charge is 0.449 e. The SMILES string of the molecule is O=C(NC1CC1)c1ccc(-c2csc(NC(=O)[C@H]3SCCN3C(=O)OCc3ccccc3)n2)o1. The molecule has 0 bridgehead atoms. The van der Waals surface area contributed by atoms with E-state index in [9.17, 15) is 14.4 Å². The van der Waals surface area contributed by atoms with Crippen molar-refractivity contribution in [1.29, 1.82) is 0 Å². The number of amides is 3. The van der Waals surface area contributed by atoms with E-state index in [2.05, 4.69) is 15.6 Å². The van der Waals surface area contributed by atoms with Crippen LogP contribution >= 0.6 is 23.1 Å². The first-order valence-corrected chi connectivity index (χ1v) is 12.8. The highest BCUT2D eigenvalue weighted by Crippen LogP contribution is 2.30. The first-order valence-electron chi connectivity index (χ1n) is 10.8. The maximum Gasteiger partial charge on any atom is 0.411 e. The summed E-state index contributed by atoms with van der Waals surface area (Å²) in [4.78, 5) is 43.4. The van der Waals surface area contributed by atoms with Gasteiger partial charge >= 0.3 is 6.09 Å². The van der Waals surface area contributed by atoms with Crippen LogP contribution in [0.4, 0.5) is 9.93 Å². The average molecular weight is 499 g/mol. The van der Waals surface area contributed by atoms with E-state index in [-0.39, 0.29) is 30.2 Å². The Balaban J connectivity index is 1.18. The predicted molar refractivity (Wildman–Crippen MR) is 129 cm³/mol. The molecule has 9 nitrogen and oxygen atoms in total. The molecule has 1 atom stereocenters. The molecule has 5 rings (SSSR count). The lowest BCUT2D eigenvalue weighted by atomic mass is 10.2. The summed E-state index contributed by atoms with van der Waals surface area (Å²) in [5, 5.41) is 7.07. The maximum absolute atomic E-state index is 12.9. The zero-order valence-electron chi connectivity index (χ0n) is 18.1. The molecule has 34 heavy (non-hydrogen) atoms. The molecule has 2 fully saturated rings. The van der Waals surface area contributed by atoms with Gasteiger partial charge in [-0.15, -0.1) is 23.1 Å². The van der Waals surface area contributed by atoms with Crippen molar-refractivity contribution in [3.05, 3.63) is 59.2 Å². The van der Waals surface area contributed by atoms with E-state index in [0.29, 0.717) is 28.9 Å². The fraction of sp³-hybridized carbons (Fsp3) is 0.304. The van der Waals surface area contributed by atoms with E-state index >= 15 is 0 Å². The summed E-state index contributed by atoms with van der Waals surface area (Å²) < 4.78 is 11.0. The summed E-state index contributed by atoms with van der Waals surface area (Å²) in [7, 11) is 0. The van der Waals surface area contributed by atoms with Crippen LogP contribution in [-0.2, 0) is 16.1 Å². The van der Waals surface area contributed by atoms with Crippen molar-refractivity contribution >= 4 is 46.1 Å². The van der Waals surface area contributed by atoms with E-state index in [0.717, 1.165) is 18.4 Å². The smallest absolute Gasteiger partial charge is 0.411 e. The number of benzene rings is 1. The Bertz CT molecular complexity index is 1190. The van der Waals surface area contributed by atoms with Crippen LogP contribution in [0.3, 0.4) is 0 Å². The number of furan rings is 1. The number of hydrogen-bond donors (Lipinski definition) is 2. The van der Waals surface area contributed by atoms with Crippen LogP contribution in [0, 0.1) is 0 Å². The normalized spacial score (nSPS) is 17.4. The second kappa shape index (κ2) is 9.90. The first-order chi connectivity index (χ1) is 16.6. The Morgan fingerprint density at radius 2 is 1.97 bits per heavy atom. The number of carbonyl (C=O) groups is 3. The van der Waals surface area contributed by atoms with Gasteiger partial charge in [0.1, 0.15) is 12.3 Å². The molecule has 1 saturated carbocycles. The summed E-state index contributed by atoms with van der Waals surface area (Å²) in [6.07, 6.45) is 1.47. The number of rotatable bonds is 7. The van der Waals surface area contributed by atoms with Crippen molar-refractivity contribution in [1.82, 2.24) is 15.2 Å². The highest BCUT2D eigenvalue weighted by Gasteiger charge is 2.36. The number of carbonyl (C=O) groups excluding carboxylic acids is 3. The van der Waals surface area contributed by atoms with Gasteiger partial charge in [-0.2, -0.15) is 0 Å². The van der Waals surface area contributed by atoms with Crippen molar-refractivity contribution < 1.29 is 23.5 Å². The number of hydrogen-bond acceptors (Lipinski definition) is 8. The summed E-state index contributed by atoms with van der Waals surface area (Å²) in [5.74, 6) is 0.727. The minimum atomic E-state index is -0.697. The fourth-order valence-electron chi connectivity index (χ4n) is 3.37. The lowest BCUT2D eigenvalue weighted by Gasteiger charge is -2.22. The van der Waals surface area contributed by atoms with Crippen molar-refractivity contribution in [2.75, 3.05) is 17.6 Å². The lowest BCUT2D eigenvalue weighted by Crippen LogP contribution is -2.42. The van der Waals surface area contributed by atoms with Crippen LogP contribution in [0.15, 0.2) is 52.3 Å². The number of ether oxygens (including phenoxy) is 1. The minimum absolute atomic E-state index is 0.148. The van der Waals surface area contributed by atoms with Crippen LogP contribution in [-0.4, -0.2) is 51.5 Å². The molecule has 1 aromatic carbocycles. The van der Waals surface area contributed by atoms with Crippen LogP contribution < -0.4 is 10.6 Å². The number of thioether (sulfide) groups is 1. The number of aromatic nitrogens is 1. The fourth-order valence-corrected chi connectivity index (χ4v) is 5.18. The second-order valence-electron chi connectivity index (χ2n) is 7.90. The monoisotopic (exact) mass is 498 g/mol. The average Bonchev–Trinajstić information content (AvgIpc) is 3.27. The Labute approximate surface area is 203 Å². The molecule has 0 spiro atoms. The predicted octanol–water partition coefficient (Wildman–Crippen LogP) is 3.95. The van der Waals surface area contributed by atoms with Crippen molar-refractivity contribution in [2.45, 2.75) is 30.9 Å². The number of thiazole rings is 1. The molecule has 11 heteroatoms. The molecule has 0 radical (unpaired) electrons. The zero-order valence-corrected chi connectivity index (χ0v) is 19.7. The zero-order chi connectivity index (χ0) is 23.5. The maximum atomic E-state index is 12.9. The molecule has 176 valence electrons. The Hall–Kier alpha value is -3.31. The van der Waals surface area contributed by atoms with Crippen LogP contribution in [0.5, 0.6) is 0 Å². The standard InChI is InChI=1S/C23H22N4O5S2/c28-19(24-15-6-7-15)18-9-8-17(32-18)16-13-34-22(25-16)26-20(29)21-27(10-11-33-21)23(30)31-12-14-4-2-1-3-5-14/h1-5,8-9,13,15,21H,6-7,10-12H2,(H,24,28)(H,25,26,29)/t21-/m1/s1. The molecule has 3 aromatic rings. The topological polar surface area (TPSA) is 114 Å². The lowest BCUT2D eigenvalue weighted by molar-refractivity contribution is -0.117. The number of anilines is 1. The molecule has 0 unspecified atom stereocenters. The minimum Gasteiger partial charge on any atom is -0.449 e. The Kier molecular flexibility index (Phi) is 6.54. The van der Waals surface area contributed by atoms with Gasteiger partial charge in [0.05, 0.1) is 0 Å². The van der Waals surface area contributed by atoms with Gasteiger partial charge in [-0.05, 0) is 30.5 Å². The molecule has 3 amide bonds. The van der Waals surface area contributed by atoms with E-state index in [1.54, 1.807) is 17.5 Å². The van der Waals surface area contributed by atoms with Gasteiger partial charge in [0.15, 0.2) is 22.0 Å². The molecule has 2 aromatic heterocycles. The third kappa shape index (κ3) is 5.26. The van der Waals surface area contributed by atoms with Crippen molar-refractivity contribution in [3.8, 4) is 11.5 Å². The summed E-state index contributed by atoms with van der Waals surface area (Å²) >= 11 is 2.61. The highest BCUT2D eigenvalue weighted by atomic mass is 32.2. The van der Waals surface area contributed by atoms with Crippen molar-refractivity contribution in [3.63, 3.8) is 0 Å². The van der Waals surface area contributed by atoms with E-state index in [1.165, 1.54) is 28.0 Å². The van der Waals surface area contributed by atoms with Gasteiger partial charge < -0.3 is 14.5 Å². The van der Waals surface area contributed by atoms with Gasteiger partial charge in [-0.3, -0.25) is 19.8 Å². The van der Waals surface area contributed by atoms with Crippen molar-refractivity contribution in [2.24, 2.45) is 0 Å². The molecule has 2 aliphatic rings. The van der Waals surface area contributed by atoms with E-state index in [4.69, 9.17) is 9.15 Å². The van der Waals surface area contributed by atoms with Gasteiger partial charge in [-0.1, -0.05) is 30.3 Å². The van der Waals surface area contributed by atoms with Gasteiger partial charge in [0.25, 0.3) is 11.8 Å². The highest BCUT2D eigenvalue weighted by molar-refractivity contribution is 8.00. The van der Waals surface area contributed by atoms with Gasteiger partial charge in [0.2, 0.25) is 0 Å². The molecule has 3 heterocycles. The molecule has 1 saturated heterocycles. The molecule has 1 aliphatic heterocycles. The summed E-state index contributed by atoms with van der Waals surface area (Å²) in [6.45, 7) is 0.576. The van der Waals surface area contributed by atoms with Gasteiger partial charge in [0, 0.05) is 23.7 Å². The number of nitrogens with one attached hydrogen (secondary N) is 2. The van der Waals surface area contributed by atoms with Crippen LogP contribution in [0.2, 0.25) is 0 Å². The molecule has 2 N–H and O–H groups in total. The molecular weight excluding hydrogens is 476 g/mol. The third-order valence-electron chi connectivity index (χ3n) is 5.28. The van der Waals surface area contributed by atoms with E-state index < -0.39 is 11.5 Å². The summed E-state index contributed by atoms with van der Waals surface area (Å²) in [5.41, 5.74) is 1.40. The summed E-state index contributed by atoms with van der Waals surface area (Å²) in [6, 6.07) is 12.9. The number of nitrogens with zero attached hydrogens (tertiary/aromatic N) is 2. The van der Waals surface area contributed by atoms with Gasteiger partial charge in [-0.25, -0.2) is 9.78 Å². The molecular formula is C23H22N4O5S2. The van der Waals surface area contributed by atoms with E-state index in [1.807, 2.05) is 30.3 Å².